The Balaban J connectivity index is 2.19. The minimum atomic E-state index is -0.101. The van der Waals surface area contributed by atoms with E-state index in [0.29, 0.717) is 6.61 Å². The van der Waals surface area contributed by atoms with Crippen LogP contribution in [0.2, 0.25) is 0 Å². The van der Waals surface area contributed by atoms with Crippen LogP contribution in [0.4, 0.5) is 0 Å². The van der Waals surface area contributed by atoms with E-state index in [9.17, 15) is 0 Å². The molecule has 84 valence electrons. The Morgan fingerprint density at radius 2 is 2.13 bits per heavy atom. The number of hydrogen-bond acceptors (Lipinski definition) is 4. The van der Waals surface area contributed by atoms with Gasteiger partial charge in [-0.1, -0.05) is 12.8 Å². The van der Waals surface area contributed by atoms with Crippen LogP contribution in [-0.2, 0) is 21.7 Å². The van der Waals surface area contributed by atoms with E-state index < -0.39 is 0 Å². The molecule has 4 heteroatoms. The highest BCUT2D eigenvalue weighted by molar-refractivity contribution is 7.09. The van der Waals surface area contributed by atoms with Gasteiger partial charge in [0.1, 0.15) is 10.6 Å². The highest BCUT2D eigenvalue weighted by atomic mass is 32.1. The third kappa shape index (κ3) is 2.07. The Hall–Kier alpha value is -0.450. The molecule has 0 amide bonds. The maximum atomic E-state index is 5.68. The predicted molar refractivity (Wildman–Crippen MR) is 60.0 cm³/mol. The van der Waals surface area contributed by atoms with Crippen molar-refractivity contribution in [3.05, 3.63) is 16.1 Å². The Kier molecular flexibility index (Phi) is 3.38. The van der Waals surface area contributed by atoms with Gasteiger partial charge in [-0.15, -0.1) is 11.3 Å². The standard InChI is InChI=1S/C11H17NO2S/c1-13-7-9-8-15-10(12-9)11(14-2)5-3-4-6-11/h8H,3-7H2,1-2H3. The van der Waals surface area contributed by atoms with Crippen LogP contribution >= 0.6 is 11.3 Å². The molecule has 1 aromatic heterocycles. The summed E-state index contributed by atoms with van der Waals surface area (Å²) >= 11 is 1.69. The van der Waals surface area contributed by atoms with Crippen LogP contribution < -0.4 is 0 Å². The van der Waals surface area contributed by atoms with E-state index in [4.69, 9.17) is 9.47 Å². The lowest BCUT2D eigenvalue weighted by Crippen LogP contribution is -2.24. The molecule has 1 fully saturated rings. The molecule has 1 saturated carbocycles. The number of methoxy groups -OCH3 is 2. The number of hydrogen-bond donors (Lipinski definition) is 0. The third-order valence-electron chi connectivity index (χ3n) is 3.04. The first-order valence-electron chi connectivity index (χ1n) is 5.30. The molecule has 0 saturated heterocycles. The molecule has 0 atom stereocenters. The van der Waals surface area contributed by atoms with Crippen LogP contribution in [0.3, 0.4) is 0 Å². The molecule has 1 heterocycles. The fourth-order valence-electron chi connectivity index (χ4n) is 2.18. The van der Waals surface area contributed by atoms with E-state index in [2.05, 4.69) is 10.4 Å². The fraction of sp³-hybridized carbons (Fsp3) is 0.727. The average molecular weight is 227 g/mol. The second-order valence-electron chi connectivity index (χ2n) is 3.98. The van der Waals surface area contributed by atoms with Gasteiger partial charge < -0.3 is 9.47 Å². The van der Waals surface area contributed by atoms with Gasteiger partial charge in [-0.05, 0) is 12.8 Å². The molecule has 1 aliphatic carbocycles. The second-order valence-corrected chi connectivity index (χ2v) is 4.84. The number of rotatable bonds is 4. The number of aromatic nitrogens is 1. The van der Waals surface area contributed by atoms with Crippen LogP contribution in [0.1, 0.15) is 36.4 Å². The first-order chi connectivity index (χ1) is 7.30. The monoisotopic (exact) mass is 227 g/mol. The van der Waals surface area contributed by atoms with Gasteiger partial charge in [0.15, 0.2) is 0 Å². The van der Waals surface area contributed by atoms with Gasteiger partial charge in [0, 0.05) is 19.6 Å². The van der Waals surface area contributed by atoms with E-state index in [-0.39, 0.29) is 5.60 Å². The second kappa shape index (κ2) is 4.60. The molecule has 3 nitrogen and oxygen atoms in total. The van der Waals surface area contributed by atoms with Gasteiger partial charge in [-0.2, -0.15) is 0 Å². The van der Waals surface area contributed by atoms with Crippen molar-refractivity contribution in [3.63, 3.8) is 0 Å². The van der Waals surface area contributed by atoms with E-state index in [0.717, 1.165) is 23.5 Å². The molecule has 1 aliphatic rings. The topological polar surface area (TPSA) is 31.4 Å². The summed E-state index contributed by atoms with van der Waals surface area (Å²) in [6, 6.07) is 0. The maximum absolute atomic E-state index is 5.68. The van der Waals surface area contributed by atoms with Gasteiger partial charge in [-0.25, -0.2) is 4.98 Å². The molecule has 1 aromatic rings. The van der Waals surface area contributed by atoms with Crippen molar-refractivity contribution in [3.8, 4) is 0 Å². The van der Waals surface area contributed by atoms with Gasteiger partial charge in [0.2, 0.25) is 0 Å². The Morgan fingerprint density at radius 1 is 1.40 bits per heavy atom. The van der Waals surface area contributed by atoms with Crippen LogP contribution in [0.5, 0.6) is 0 Å². The largest absolute Gasteiger partial charge is 0.378 e. The number of ether oxygens (including phenoxy) is 2. The summed E-state index contributed by atoms with van der Waals surface area (Å²) in [6.07, 6.45) is 4.69. The van der Waals surface area contributed by atoms with Crippen LogP contribution in [0, 0.1) is 0 Å². The predicted octanol–water partition coefficient (Wildman–Crippen LogP) is 2.71. The Labute approximate surface area is 94.4 Å². The van der Waals surface area contributed by atoms with Crippen LogP contribution in [-0.4, -0.2) is 19.2 Å². The molecule has 0 radical (unpaired) electrons. The molecule has 0 aliphatic heterocycles. The summed E-state index contributed by atoms with van der Waals surface area (Å²) in [7, 11) is 3.49. The molecular weight excluding hydrogens is 210 g/mol. The first kappa shape index (κ1) is 11.0. The number of nitrogens with zero attached hydrogens (tertiary/aromatic N) is 1. The van der Waals surface area contributed by atoms with E-state index in [1.54, 1.807) is 25.6 Å². The number of thiazole rings is 1. The quantitative estimate of drug-likeness (QED) is 0.792. The Morgan fingerprint density at radius 3 is 2.73 bits per heavy atom. The Bertz CT molecular complexity index is 318. The highest BCUT2D eigenvalue weighted by Crippen LogP contribution is 2.42. The molecule has 0 aromatic carbocycles. The van der Waals surface area contributed by atoms with Crippen LogP contribution in [0.15, 0.2) is 5.38 Å². The molecule has 0 unspecified atom stereocenters. The van der Waals surface area contributed by atoms with Crippen molar-refractivity contribution in [1.29, 1.82) is 0 Å². The maximum Gasteiger partial charge on any atom is 0.125 e. The minimum Gasteiger partial charge on any atom is -0.378 e. The first-order valence-corrected chi connectivity index (χ1v) is 6.18. The van der Waals surface area contributed by atoms with Crippen LogP contribution in [0.25, 0.3) is 0 Å². The van der Waals surface area contributed by atoms with Gasteiger partial charge in [-0.3, -0.25) is 0 Å². The third-order valence-corrected chi connectivity index (χ3v) is 4.11. The van der Waals surface area contributed by atoms with Crippen molar-refractivity contribution in [2.24, 2.45) is 0 Å². The lowest BCUT2D eigenvalue weighted by atomic mass is 10.0. The SMILES string of the molecule is COCc1csc(C2(OC)CCCC2)n1. The van der Waals surface area contributed by atoms with E-state index in [1.807, 2.05) is 0 Å². The van der Waals surface area contributed by atoms with Crippen molar-refractivity contribution in [2.75, 3.05) is 14.2 Å². The molecule has 0 spiro atoms. The lowest BCUT2D eigenvalue weighted by Gasteiger charge is -2.24. The summed E-state index contributed by atoms with van der Waals surface area (Å²) in [5, 5.41) is 3.19. The van der Waals surface area contributed by atoms with Crippen molar-refractivity contribution in [2.45, 2.75) is 37.9 Å². The normalized spacial score (nSPS) is 19.6. The summed E-state index contributed by atoms with van der Waals surface area (Å²) < 4.78 is 10.8. The van der Waals surface area contributed by atoms with E-state index in [1.165, 1.54) is 12.8 Å². The fourth-order valence-corrected chi connectivity index (χ4v) is 3.22. The molecule has 15 heavy (non-hydrogen) atoms. The molecule has 2 rings (SSSR count). The zero-order valence-corrected chi connectivity index (χ0v) is 10.1. The average Bonchev–Trinajstić information content (AvgIpc) is 2.86. The molecule has 0 N–H and O–H groups in total. The summed E-state index contributed by atoms with van der Waals surface area (Å²) in [5.74, 6) is 0. The zero-order valence-electron chi connectivity index (χ0n) is 9.28. The van der Waals surface area contributed by atoms with E-state index >= 15 is 0 Å². The van der Waals surface area contributed by atoms with Crippen molar-refractivity contribution < 1.29 is 9.47 Å². The highest BCUT2D eigenvalue weighted by Gasteiger charge is 2.38. The van der Waals surface area contributed by atoms with Crippen molar-refractivity contribution in [1.82, 2.24) is 4.98 Å². The lowest BCUT2D eigenvalue weighted by molar-refractivity contribution is -0.00911. The van der Waals surface area contributed by atoms with Gasteiger partial charge >= 0.3 is 0 Å². The smallest absolute Gasteiger partial charge is 0.125 e. The molecular formula is C11H17NO2S. The minimum absolute atomic E-state index is 0.101. The summed E-state index contributed by atoms with van der Waals surface area (Å²) in [4.78, 5) is 4.59. The zero-order chi connectivity index (χ0) is 10.7. The van der Waals surface area contributed by atoms with Gasteiger partial charge in [0.05, 0.1) is 12.3 Å². The van der Waals surface area contributed by atoms with Crippen molar-refractivity contribution >= 4 is 11.3 Å². The summed E-state index contributed by atoms with van der Waals surface area (Å²) in [6.45, 7) is 0.594. The summed E-state index contributed by atoms with van der Waals surface area (Å²) in [5.41, 5.74) is 0.914. The molecule has 0 bridgehead atoms. The van der Waals surface area contributed by atoms with Gasteiger partial charge in [0.25, 0.3) is 0 Å².